The summed E-state index contributed by atoms with van der Waals surface area (Å²) in [5.74, 6) is 2.22. The highest BCUT2D eigenvalue weighted by Gasteiger charge is 2.22. The summed E-state index contributed by atoms with van der Waals surface area (Å²) in [6.45, 7) is 1.98. The Morgan fingerprint density at radius 2 is 1.63 bits per heavy atom. The van der Waals surface area contributed by atoms with Crippen LogP contribution >= 0.6 is 11.8 Å². The molecule has 1 atom stereocenters. The van der Waals surface area contributed by atoms with Crippen LogP contribution in [0.3, 0.4) is 0 Å². The Kier molecular flexibility index (Phi) is 6.13. The number of rotatable bonds is 8. The molecule has 3 rings (SSSR count). The maximum Gasteiger partial charge on any atom is 0.209 e. The van der Waals surface area contributed by atoms with Crippen molar-refractivity contribution in [2.24, 2.45) is 0 Å². The largest absolute Gasteiger partial charge is 0.497 e. The van der Waals surface area contributed by atoms with Crippen LogP contribution in [0.5, 0.6) is 11.5 Å². The van der Waals surface area contributed by atoms with E-state index < -0.39 is 0 Å². The number of carbonyl (C=O) groups excluding carboxylic acids is 1. The van der Waals surface area contributed by atoms with E-state index in [4.69, 9.17) is 9.47 Å². The third-order valence-corrected chi connectivity index (χ3v) is 5.34. The average Bonchev–Trinajstić information content (AvgIpc) is 3.20. The lowest BCUT2D eigenvalue weighted by atomic mass is 10.1. The van der Waals surface area contributed by atoms with Crippen molar-refractivity contribution in [1.82, 2.24) is 15.2 Å². The molecule has 0 radical (unpaired) electrons. The Morgan fingerprint density at radius 1 is 1.04 bits per heavy atom. The van der Waals surface area contributed by atoms with Gasteiger partial charge in [0.05, 0.1) is 19.5 Å². The summed E-state index contributed by atoms with van der Waals surface area (Å²) < 4.78 is 10.3. The van der Waals surface area contributed by atoms with Gasteiger partial charge in [-0.3, -0.25) is 9.89 Å². The van der Waals surface area contributed by atoms with Crippen molar-refractivity contribution in [3.8, 4) is 22.9 Å². The normalized spacial score (nSPS) is 11.8. The molecule has 0 spiro atoms. The van der Waals surface area contributed by atoms with Gasteiger partial charge in [0.25, 0.3) is 0 Å². The number of Topliss-reactive ketones (excluding diaryl/α,β-unsaturated/α-hetero) is 1. The molecule has 0 amide bonds. The number of methoxy groups -OCH3 is 2. The van der Waals surface area contributed by atoms with E-state index in [-0.39, 0.29) is 11.0 Å². The Labute approximate surface area is 162 Å². The van der Waals surface area contributed by atoms with Crippen molar-refractivity contribution >= 4 is 17.5 Å². The molecule has 0 aliphatic carbocycles. The second-order valence-corrected chi connectivity index (χ2v) is 6.97. The Morgan fingerprint density at radius 3 is 2.19 bits per heavy atom. The van der Waals surface area contributed by atoms with Gasteiger partial charge in [0.2, 0.25) is 5.16 Å². The molecular formula is C20H21N3O3S. The van der Waals surface area contributed by atoms with Gasteiger partial charge in [-0.25, -0.2) is 4.98 Å². The molecule has 7 heteroatoms. The summed E-state index contributed by atoms with van der Waals surface area (Å²) in [5.41, 5.74) is 1.56. The number of ether oxygens (including phenoxy) is 2. The van der Waals surface area contributed by atoms with Gasteiger partial charge in [-0.05, 0) is 55.0 Å². The van der Waals surface area contributed by atoms with Gasteiger partial charge in [-0.1, -0.05) is 18.7 Å². The summed E-state index contributed by atoms with van der Waals surface area (Å²) in [6, 6.07) is 14.7. The summed E-state index contributed by atoms with van der Waals surface area (Å²) in [4.78, 5) is 17.3. The first-order chi connectivity index (χ1) is 13.1. The number of aromatic amines is 1. The van der Waals surface area contributed by atoms with Crippen LogP contribution in [0.2, 0.25) is 0 Å². The van der Waals surface area contributed by atoms with Crippen molar-refractivity contribution in [2.75, 3.05) is 14.2 Å². The summed E-state index contributed by atoms with van der Waals surface area (Å²) in [6.07, 6.45) is 0.682. The zero-order valence-electron chi connectivity index (χ0n) is 15.4. The predicted molar refractivity (Wildman–Crippen MR) is 106 cm³/mol. The smallest absolute Gasteiger partial charge is 0.209 e. The van der Waals surface area contributed by atoms with Crippen molar-refractivity contribution in [3.63, 3.8) is 0 Å². The number of H-pyrrole nitrogens is 1. The van der Waals surface area contributed by atoms with E-state index in [9.17, 15) is 4.79 Å². The van der Waals surface area contributed by atoms with Gasteiger partial charge >= 0.3 is 0 Å². The molecule has 6 nitrogen and oxygen atoms in total. The quantitative estimate of drug-likeness (QED) is 0.463. The van der Waals surface area contributed by atoms with Crippen LogP contribution in [0.1, 0.15) is 23.7 Å². The fourth-order valence-electron chi connectivity index (χ4n) is 2.57. The molecule has 0 aliphatic heterocycles. The first kappa shape index (κ1) is 19.0. The number of carbonyl (C=O) groups is 1. The molecule has 0 fully saturated rings. The molecule has 3 aromatic rings. The van der Waals surface area contributed by atoms with Crippen LogP contribution in [-0.2, 0) is 0 Å². The topological polar surface area (TPSA) is 77.1 Å². The maximum absolute atomic E-state index is 12.8. The number of hydrogen-bond acceptors (Lipinski definition) is 6. The number of thioether (sulfide) groups is 1. The van der Waals surface area contributed by atoms with E-state index >= 15 is 0 Å². The minimum atomic E-state index is -0.252. The number of hydrogen-bond donors (Lipinski definition) is 1. The molecule has 0 saturated heterocycles. The summed E-state index contributed by atoms with van der Waals surface area (Å²) >= 11 is 1.37. The van der Waals surface area contributed by atoms with Crippen LogP contribution in [0.15, 0.2) is 53.7 Å². The molecule has 1 aromatic heterocycles. The van der Waals surface area contributed by atoms with E-state index in [0.29, 0.717) is 23.0 Å². The van der Waals surface area contributed by atoms with Gasteiger partial charge in [0.1, 0.15) is 11.5 Å². The molecule has 1 unspecified atom stereocenters. The molecule has 2 aromatic carbocycles. The molecule has 0 aliphatic rings. The highest BCUT2D eigenvalue weighted by Crippen LogP contribution is 2.28. The fraction of sp³-hybridized carbons (Fsp3) is 0.250. The van der Waals surface area contributed by atoms with Crippen LogP contribution in [-0.4, -0.2) is 40.4 Å². The highest BCUT2D eigenvalue weighted by atomic mass is 32.2. The van der Waals surface area contributed by atoms with Gasteiger partial charge in [-0.15, -0.1) is 5.10 Å². The Hall–Kier alpha value is -2.80. The molecule has 0 bridgehead atoms. The van der Waals surface area contributed by atoms with Crippen LogP contribution in [0.4, 0.5) is 0 Å². The number of nitrogens with one attached hydrogen (secondary N) is 1. The van der Waals surface area contributed by atoms with E-state index in [2.05, 4.69) is 15.2 Å². The first-order valence-corrected chi connectivity index (χ1v) is 9.44. The summed E-state index contributed by atoms with van der Waals surface area (Å²) in [7, 11) is 3.23. The summed E-state index contributed by atoms with van der Waals surface area (Å²) in [5, 5.41) is 7.48. The fourth-order valence-corrected chi connectivity index (χ4v) is 3.47. The number of aromatic nitrogens is 3. The van der Waals surface area contributed by atoms with Crippen molar-refractivity contribution in [1.29, 1.82) is 0 Å². The molecule has 1 N–H and O–H groups in total. The predicted octanol–water partition coefficient (Wildman–Crippen LogP) is 4.24. The van der Waals surface area contributed by atoms with Crippen LogP contribution < -0.4 is 9.47 Å². The van der Waals surface area contributed by atoms with Crippen LogP contribution in [0, 0.1) is 0 Å². The van der Waals surface area contributed by atoms with Gasteiger partial charge in [0.15, 0.2) is 11.6 Å². The van der Waals surface area contributed by atoms with E-state index in [1.54, 1.807) is 38.5 Å². The second kappa shape index (κ2) is 8.73. The number of ketones is 1. The third-order valence-electron chi connectivity index (χ3n) is 4.11. The van der Waals surface area contributed by atoms with E-state index in [1.165, 1.54) is 11.8 Å². The van der Waals surface area contributed by atoms with E-state index in [1.807, 2.05) is 31.2 Å². The maximum atomic E-state index is 12.8. The zero-order valence-corrected chi connectivity index (χ0v) is 16.2. The van der Waals surface area contributed by atoms with E-state index in [0.717, 1.165) is 17.1 Å². The minimum Gasteiger partial charge on any atom is -0.497 e. The first-order valence-electron chi connectivity index (χ1n) is 8.56. The number of nitrogens with zero attached hydrogens (tertiary/aromatic N) is 2. The highest BCUT2D eigenvalue weighted by molar-refractivity contribution is 8.00. The Balaban J connectivity index is 1.72. The lowest BCUT2D eigenvalue weighted by Gasteiger charge is -2.11. The standard InChI is InChI=1S/C20H21N3O3S/c1-4-17(18(24)13-5-9-15(25-2)10-6-13)27-20-21-19(22-23-20)14-7-11-16(26-3)12-8-14/h5-12,17H,4H2,1-3H3,(H,21,22,23). The zero-order chi connectivity index (χ0) is 19.2. The van der Waals surface area contributed by atoms with Crippen molar-refractivity contribution in [2.45, 2.75) is 23.8 Å². The third kappa shape index (κ3) is 4.49. The van der Waals surface area contributed by atoms with Gasteiger partial charge in [-0.2, -0.15) is 0 Å². The van der Waals surface area contributed by atoms with Gasteiger partial charge < -0.3 is 9.47 Å². The molecular weight excluding hydrogens is 362 g/mol. The second-order valence-electron chi connectivity index (χ2n) is 5.80. The molecule has 140 valence electrons. The average molecular weight is 383 g/mol. The SMILES string of the molecule is CCC(Sc1n[nH]c(-c2ccc(OC)cc2)n1)C(=O)c1ccc(OC)cc1. The monoisotopic (exact) mass is 383 g/mol. The number of benzene rings is 2. The Bertz CT molecular complexity index is 892. The lowest BCUT2D eigenvalue weighted by molar-refractivity contribution is 0.0988. The van der Waals surface area contributed by atoms with Gasteiger partial charge in [0, 0.05) is 11.1 Å². The van der Waals surface area contributed by atoms with Crippen LogP contribution in [0.25, 0.3) is 11.4 Å². The minimum absolute atomic E-state index is 0.0564. The molecule has 0 saturated carbocycles. The van der Waals surface area contributed by atoms with Crippen molar-refractivity contribution < 1.29 is 14.3 Å². The van der Waals surface area contributed by atoms with Crippen molar-refractivity contribution in [3.05, 3.63) is 54.1 Å². The molecule has 1 heterocycles. The molecule has 27 heavy (non-hydrogen) atoms. The lowest BCUT2D eigenvalue weighted by Crippen LogP contribution is -2.16.